The van der Waals surface area contributed by atoms with E-state index in [2.05, 4.69) is 17.1 Å². The van der Waals surface area contributed by atoms with E-state index in [9.17, 15) is 9.59 Å². The van der Waals surface area contributed by atoms with Crippen molar-refractivity contribution in [3.8, 4) is 0 Å². The number of urea groups is 1. The van der Waals surface area contributed by atoms with E-state index in [1.807, 2.05) is 21.9 Å². The molecule has 3 saturated heterocycles. The summed E-state index contributed by atoms with van der Waals surface area (Å²) in [6, 6.07) is 7.06. The Labute approximate surface area is 189 Å². The van der Waals surface area contributed by atoms with Crippen LogP contribution in [0, 0.1) is 10.8 Å². The van der Waals surface area contributed by atoms with E-state index in [1.165, 1.54) is 0 Å². The van der Waals surface area contributed by atoms with E-state index in [1.54, 1.807) is 19.2 Å². The number of nitrogens with zero attached hydrogens (tertiary/aromatic N) is 3. The second-order valence-electron chi connectivity index (χ2n) is 9.12. The largest absolute Gasteiger partial charge is 0.383 e. The van der Waals surface area contributed by atoms with Crippen LogP contribution in [0.4, 0.5) is 10.5 Å². The molecular formula is C23H33ClN4O3. The van der Waals surface area contributed by atoms with Crippen molar-refractivity contribution in [2.24, 2.45) is 10.8 Å². The molecule has 1 unspecified atom stereocenters. The molecule has 3 fully saturated rings. The van der Waals surface area contributed by atoms with E-state index < -0.39 is 0 Å². The van der Waals surface area contributed by atoms with Crippen molar-refractivity contribution in [3.05, 3.63) is 29.3 Å². The number of piperidine rings is 1. The predicted molar refractivity (Wildman–Crippen MR) is 121 cm³/mol. The minimum absolute atomic E-state index is 0.0706. The van der Waals surface area contributed by atoms with Crippen LogP contribution < -0.4 is 5.32 Å². The molecule has 3 heterocycles. The summed E-state index contributed by atoms with van der Waals surface area (Å²) in [6.45, 7) is 8.24. The van der Waals surface area contributed by atoms with Gasteiger partial charge in [0.15, 0.2) is 0 Å². The zero-order chi connectivity index (χ0) is 22.1. The summed E-state index contributed by atoms with van der Waals surface area (Å²) in [4.78, 5) is 32.6. The number of carbonyl (C=O) groups is 2. The second kappa shape index (κ2) is 8.96. The highest BCUT2D eigenvalue weighted by atomic mass is 35.5. The minimum Gasteiger partial charge on any atom is -0.383 e. The Balaban J connectivity index is 1.47. The lowest BCUT2D eigenvalue weighted by Gasteiger charge is -2.47. The van der Waals surface area contributed by atoms with Crippen molar-refractivity contribution >= 4 is 29.2 Å². The fraction of sp³-hybridized carbons (Fsp3) is 0.652. The monoisotopic (exact) mass is 448 g/mol. The molecular weight excluding hydrogens is 416 g/mol. The van der Waals surface area contributed by atoms with E-state index >= 15 is 0 Å². The Morgan fingerprint density at radius 1 is 1.13 bits per heavy atom. The van der Waals surface area contributed by atoms with Crippen LogP contribution in [-0.4, -0.2) is 86.2 Å². The first-order chi connectivity index (χ1) is 14.9. The third-order valence-electron chi connectivity index (χ3n) is 7.64. The number of benzene rings is 1. The number of amides is 3. The molecule has 1 aromatic carbocycles. The summed E-state index contributed by atoms with van der Waals surface area (Å²) >= 11 is 5.94. The molecule has 7 nitrogen and oxygen atoms in total. The van der Waals surface area contributed by atoms with E-state index in [0.717, 1.165) is 57.7 Å². The van der Waals surface area contributed by atoms with Crippen LogP contribution in [0.3, 0.4) is 0 Å². The number of likely N-dealkylation sites (tertiary alicyclic amines) is 3. The lowest BCUT2D eigenvalue weighted by Crippen LogP contribution is -2.54. The lowest BCUT2D eigenvalue weighted by atomic mass is 9.60. The second-order valence-corrected chi connectivity index (χ2v) is 9.56. The van der Waals surface area contributed by atoms with Gasteiger partial charge >= 0.3 is 6.03 Å². The molecule has 3 aliphatic rings. The number of halogens is 1. The Morgan fingerprint density at radius 3 is 2.45 bits per heavy atom. The fourth-order valence-electron chi connectivity index (χ4n) is 5.85. The van der Waals surface area contributed by atoms with Gasteiger partial charge in [-0.15, -0.1) is 0 Å². The van der Waals surface area contributed by atoms with Gasteiger partial charge in [-0.2, -0.15) is 0 Å². The maximum atomic E-state index is 13.5. The molecule has 3 aliphatic heterocycles. The lowest BCUT2D eigenvalue weighted by molar-refractivity contribution is -0.141. The Hall–Kier alpha value is -1.83. The average molecular weight is 449 g/mol. The van der Waals surface area contributed by atoms with Gasteiger partial charge in [0.1, 0.15) is 0 Å². The number of methoxy groups -OCH3 is 1. The van der Waals surface area contributed by atoms with E-state index in [4.69, 9.17) is 16.3 Å². The van der Waals surface area contributed by atoms with Gasteiger partial charge in [-0.1, -0.05) is 11.6 Å². The summed E-state index contributed by atoms with van der Waals surface area (Å²) in [5, 5.41) is 3.61. The molecule has 1 atom stereocenters. The van der Waals surface area contributed by atoms with Crippen LogP contribution in [-0.2, 0) is 9.53 Å². The first-order valence-corrected chi connectivity index (χ1v) is 11.6. The van der Waals surface area contributed by atoms with Crippen molar-refractivity contribution in [2.45, 2.75) is 26.2 Å². The van der Waals surface area contributed by atoms with Crippen LogP contribution in [0.2, 0.25) is 5.02 Å². The predicted octanol–water partition coefficient (Wildman–Crippen LogP) is 3.15. The molecule has 0 aliphatic carbocycles. The summed E-state index contributed by atoms with van der Waals surface area (Å²) in [5.74, 6) is 0.314. The number of anilines is 1. The molecule has 0 bridgehead atoms. The molecule has 0 aromatic heterocycles. The van der Waals surface area contributed by atoms with Gasteiger partial charge in [-0.3, -0.25) is 9.69 Å². The highest BCUT2D eigenvalue weighted by Gasteiger charge is 2.64. The zero-order valence-electron chi connectivity index (χ0n) is 18.5. The Kier molecular flexibility index (Phi) is 6.47. The average Bonchev–Trinajstić information content (AvgIpc) is 3.26. The number of ether oxygens (including phenoxy) is 1. The Bertz CT molecular complexity index is 810. The highest BCUT2D eigenvalue weighted by molar-refractivity contribution is 6.30. The van der Waals surface area contributed by atoms with Crippen molar-refractivity contribution in [1.29, 1.82) is 0 Å². The molecule has 4 rings (SSSR count). The smallest absolute Gasteiger partial charge is 0.321 e. The summed E-state index contributed by atoms with van der Waals surface area (Å²) < 4.78 is 5.31. The molecule has 0 saturated carbocycles. The first-order valence-electron chi connectivity index (χ1n) is 11.3. The van der Waals surface area contributed by atoms with Gasteiger partial charge in [-0.25, -0.2) is 4.79 Å². The zero-order valence-corrected chi connectivity index (χ0v) is 19.3. The van der Waals surface area contributed by atoms with Gasteiger partial charge in [0.2, 0.25) is 5.91 Å². The molecule has 170 valence electrons. The van der Waals surface area contributed by atoms with Crippen LogP contribution in [0.25, 0.3) is 0 Å². The molecule has 2 spiro atoms. The van der Waals surface area contributed by atoms with Gasteiger partial charge in [0.25, 0.3) is 0 Å². The van der Waals surface area contributed by atoms with Gasteiger partial charge < -0.3 is 19.9 Å². The number of hydrogen-bond donors (Lipinski definition) is 1. The molecule has 1 aromatic rings. The normalized spacial score (nSPS) is 25.7. The van der Waals surface area contributed by atoms with Gasteiger partial charge in [0.05, 0.1) is 12.0 Å². The number of fused-ring (bicyclic) bond motifs is 1. The molecule has 1 N–H and O–H groups in total. The van der Waals surface area contributed by atoms with Crippen molar-refractivity contribution in [2.75, 3.05) is 64.8 Å². The summed E-state index contributed by atoms with van der Waals surface area (Å²) in [6.07, 6.45) is 2.63. The maximum Gasteiger partial charge on any atom is 0.321 e. The summed E-state index contributed by atoms with van der Waals surface area (Å²) in [7, 11) is 1.72. The van der Waals surface area contributed by atoms with Gasteiger partial charge in [-0.05, 0) is 50.5 Å². The standard InChI is InChI=1S/C23H33ClN4O3/c1-3-27-13-10-23(20(27)29)17-26(14-15-31-2)16-22(23)8-11-28(12-9-22)21(30)25-19-6-4-18(24)5-7-19/h4-7H,3,8-17H2,1-2H3,(H,25,30). The highest BCUT2D eigenvalue weighted by Crippen LogP contribution is 2.57. The summed E-state index contributed by atoms with van der Waals surface area (Å²) in [5.41, 5.74) is 0.344. The van der Waals surface area contributed by atoms with E-state index in [-0.39, 0.29) is 16.9 Å². The Morgan fingerprint density at radius 2 is 1.84 bits per heavy atom. The molecule has 31 heavy (non-hydrogen) atoms. The SMILES string of the molecule is CCN1CCC2(CN(CCOC)CC23CCN(C(=O)Nc2ccc(Cl)cc2)CC3)C1=O. The third kappa shape index (κ3) is 4.03. The third-order valence-corrected chi connectivity index (χ3v) is 7.89. The van der Waals surface area contributed by atoms with E-state index in [0.29, 0.717) is 30.6 Å². The van der Waals surface area contributed by atoms with Gasteiger partial charge in [0, 0.05) is 69.0 Å². The van der Waals surface area contributed by atoms with Crippen molar-refractivity contribution in [1.82, 2.24) is 14.7 Å². The van der Waals surface area contributed by atoms with Crippen LogP contribution in [0.15, 0.2) is 24.3 Å². The molecule has 8 heteroatoms. The number of hydrogen-bond acceptors (Lipinski definition) is 4. The molecule has 3 amide bonds. The maximum absolute atomic E-state index is 13.5. The molecule has 0 radical (unpaired) electrons. The quantitative estimate of drug-likeness (QED) is 0.751. The number of rotatable bonds is 5. The van der Waals surface area contributed by atoms with Crippen LogP contribution >= 0.6 is 11.6 Å². The topological polar surface area (TPSA) is 65.1 Å². The van der Waals surface area contributed by atoms with Crippen LogP contribution in [0.1, 0.15) is 26.2 Å². The van der Waals surface area contributed by atoms with Crippen LogP contribution in [0.5, 0.6) is 0 Å². The minimum atomic E-state index is -0.324. The fourth-order valence-corrected chi connectivity index (χ4v) is 5.98. The number of carbonyl (C=O) groups excluding carboxylic acids is 2. The number of nitrogens with one attached hydrogen (secondary N) is 1. The van der Waals surface area contributed by atoms with Crippen molar-refractivity contribution in [3.63, 3.8) is 0 Å². The first kappa shape index (κ1) is 22.4. The van der Waals surface area contributed by atoms with Crippen molar-refractivity contribution < 1.29 is 14.3 Å².